The van der Waals surface area contributed by atoms with Crippen molar-refractivity contribution in [3.63, 3.8) is 0 Å². The van der Waals surface area contributed by atoms with E-state index in [1.54, 1.807) is 0 Å². The summed E-state index contributed by atoms with van der Waals surface area (Å²) in [4.78, 5) is 15.5. The summed E-state index contributed by atoms with van der Waals surface area (Å²) in [6.45, 7) is 14.0. The van der Waals surface area contributed by atoms with Gasteiger partial charge in [0, 0.05) is 49.9 Å². The fourth-order valence-electron chi connectivity index (χ4n) is 5.25. The summed E-state index contributed by atoms with van der Waals surface area (Å²) in [6, 6.07) is 21.0. The average molecular weight is 524 g/mol. The third-order valence-corrected chi connectivity index (χ3v) is 8.16. The van der Waals surface area contributed by atoms with Crippen molar-refractivity contribution in [1.29, 1.82) is 0 Å². The highest BCUT2D eigenvalue weighted by Gasteiger charge is 2.29. The molecule has 38 heavy (non-hydrogen) atoms. The van der Waals surface area contributed by atoms with Crippen molar-refractivity contribution in [2.75, 3.05) is 38.1 Å². The molecule has 1 heterocycles. The monoisotopic (exact) mass is 523 g/mol. The van der Waals surface area contributed by atoms with Gasteiger partial charge in [-0.15, -0.1) is 5.54 Å². The van der Waals surface area contributed by atoms with Crippen LogP contribution in [-0.4, -0.2) is 51.9 Å². The second-order valence-corrected chi connectivity index (χ2v) is 16.0. The number of fused-ring (bicyclic) bond motifs is 3. The molecular weight excluding hydrogens is 486 g/mol. The number of piperazine rings is 1. The van der Waals surface area contributed by atoms with Gasteiger partial charge in [0.05, 0.1) is 0 Å². The number of rotatable bonds is 5. The van der Waals surface area contributed by atoms with E-state index >= 15 is 0 Å². The van der Waals surface area contributed by atoms with E-state index in [0.717, 1.165) is 49.5 Å². The van der Waals surface area contributed by atoms with Gasteiger partial charge < -0.3 is 10.1 Å². The van der Waals surface area contributed by atoms with E-state index in [0.29, 0.717) is 6.61 Å². The molecule has 3 aromatic rings. The molecule has 0 radical (unpaired) electrons. The third kappa shape index (κ3) is 6.02. The van der Waals surface area contributed by atoms with Crippen LogP contribution in [0.4, 0.5) is 10.5 Å². The van der Waals surface area contributed by atoms with E-state index in [9.17, 15) is 4.79 Å². The van der Waals surface area contributed by atoms with Gasteiger partial charge in [0.25, 0.3) is 0 Å². The van der Waals surface area contributed by atoms with Gasteiger partial charge in [-0.25, -0.2) is 4.79 Å². The number of ether oxygens (including phenoxy) is 1. The summed E-state index contributed by atoms with van der Waals surface area (Å²) >= 11 is 0. The second kappa shape index (κ2) is 11.2. The maximum absolute atomic E-state index is 13.1. The summed E-state index contributed by atoms with van der Waals surface area (Å²) in [5.74, 6) is 3.42. The third-order valence-electron chi connectivity index (χ3n) is 7.28. The van der Waals surface area contributed by atoms with E-state index in [1.165, 1.54) is 27.8 Å². The summed E-state index contributed by atoms with van der Waals surface area (Å²) in [6.07, 6.45) is -0.432. The van der Waals surface area contributed by atoms with Crippen LogP contribution in [0.2, 0.25) is 19.6 Å². The first-order valence-corrected chi connectivity index (χ1v) is 17.0. The lowest BCUT2D eigenvalue weighted by Gasteiger charge is -2.28. The first-order valence-electron chi connectivity index (χ1n) is 13.5. The highest BCUT2D eigenvalue weighted by atomic mass is 28.3. The molecule has 1 fully saturated rings. The van der Waals surface area contributed by atoms with Crippen LogP contribution in [0.1, 0.15) is 33.7 Å². The summed E-state index contributed by atoms with van der Waals surface area (Å²) in [5, 5.41) is 6.47. The summed E-state index contributed by atoms with van der Waals surface area (Å²) in [7, 11) is -1.54. The topological polar surface area (TPSA) is 53.6 Å². The number of carbonyl (C=O) groups is 1. The number of hydrogen-bond donors (Lipinski definition) is 2. The zero-order chi connectivity index (χ0) is 26.7. The van der Waals surface area contributed by atoms with Crippen molar-refractivity contribution in [1.82, 2.24) is 10.2 Å². The lowest BCUT2D eigenvalue weighted by atomic mass is 9.98. The molecule has 6 heteroatoms. The van der Waals surface area contributed by atoms with Crippen LogP contribution in [0.25, 0.3) is 11.1 Å². The molecule has 1 saturated heterocycles. The SMILES string of the molecule is Cc1c(CN2CCNCC2)cc(C#C[Si](C)(C)C)cc1NC(=O)OCC1c2ccccc2-c2ccccc21. The Hall–Kier alpha value is -3.37. The van der Waals surface area contributed by atoms with Crippen molar-refractivity contribution in [2.45, 2.75) is 39.0 Å². The standard InChI is InChI=1S/C32H37N3O2Si/c1-23-25(21-35-16-14-33-15-17-35)19-24(13-18-38(2,3)4)20-31(23)34-32(36)37-22-30-28-11-7-5-9-26(28)27-10-6-8-12-29(27)30/h5-12,19-20,30,33H,14-17,21-22H2,1-4H3,(H,34,36). The molecule has 2 aliphatic rings. The molecule has 0 spiro atoms. The van der Waals surface area contributed by atoms with Crippen molar-refractivity contribution >= 4 is 19.9 Å². The molecule has 1 amide bonds. The van der Waals surface area contributed by atoms with Gasteiger partial charge in [0.2, 0.25) is 0 Å². The predicted molar refractivity (Wildman–Crippen MR) is 158 cm³/mol. The molecule has 1 aliphatic heterocycles. The molecule has 3 aromatic carbocycles. The first-order chi connectivity index (χ1) is 18.3. The molecule has 0 aromatic heterocycles. The van der Waals surface area contributed by atoms with Gasteiger partial charge in [0.1, 0.15) is 14.7 Å². The predicted octanol–water partition coefficient (Wildman–Crippen LogP) is 5.99. The zero-order valence-electron chi connectivity index (χ0n) is 22.9. The van der Waals surface area contributed by atoms with Crippen LogP contribution >= 0.6 is 0 Å². The van der Waals surface area contributed by atoms with Crippen molar-refractivity contribution < 1.29 is 9.53 Å². The quantitative estimate of drug-likeness (QED) is 0.319. The maximum atomic E-state index is 13.1. The number of benzene rings is 3. The number of carbonyl (C=O) groups excluding carboxylic acids is 1. The molecule has 196 valence electrons. The maximum Gasteiger partial charge on any atom is 0.411 e. The van der Waals surface area contributed by atoms with Crippen LogP contribution in [0.5, 0.6) is 0 Å². The molecular formula is C32H37N3O2Si. The lowest BCUT2D eigenvalue weighted by Crippen LogP contribution is -2.43. The largest absolute Gasteiger partial charge is 0.448 e. The van der Waals surface area contributed by atoms with Crippen LogP contribution in [0.3, 0.4) is 0 Å². The Morgan fingerprint density at radius 2 is 1.66 bits per heavy atom. The lowest BCUT2D eigenvalue weighted by molar-refractivity contribution is 0.158. The van der Waals surface area contributed by atoms with Gasteiger partial charge >= 0.3 is 6.09 Å². The Kier molecular flexibility index (Phi) is 7.71. The Labute approximate surface area is 227 Å². The fourth-order valence-corrected chi connectivity index (χ4v) is 5.77. The summed E-state index contributed by atoms with van der Waals surface area (Å²) in [5.41, 5.74) is 12.3. The van der Waals surface area contributed by atoms with Gasteiger partial charge in [0.15, 0.2) is 0 Å². The van der Waals surface area contributed by atoms with E-state index in [4.69, 9.17) is 4.74 Å². The van der Waals surface area contributed by atoms with Gasteiger partial charge in [-0.05, 0) is 52.4 Å². The van der Waals surface area contributed by atoms with E-state index in [1.807, 2.05) is 18.2 Å². The van der Waals surface area contributed by atoms with E-state index in [-0.39, 0.29) is 5.92 Å². The van der Waals surface area contributed by atoms with Crippen molar-refractivity contribution in [3.8, 4) is 22.6 Å². The van der Waals surface area contributed by atoms with E-state index in [2.05, 4.69) is 96.0 Å². The van der Waals surface area contributed by atoms with Crippen LogP contribution in [0, 0.1) is 18.4 Å². The molecule has 5 rings (SSSR count). The number of nitrogens with one attached hydrogen (secondary N) is 2. The number of nitrogens with zero attached hydrogens (tertiary/aromatic N) is 1. The Morgan fingerprint density at radius 3 is 2.29 bits per heavy atom. The van der Waals surface area contributed by atoms with Crippen LogP contribution in [0.15, 0.2) is 60.7 Å². The van der Waals surface area contributed by atoms with E-state index < -0.39 is 14.2 Å². The summed E-state index contributed by atoms with van der Waals surface area (Å²) < 4.78 is 5.84. The minimum absolute atomic E-state index is 0.0338. The molecule has 0 atom stereocenters. The molecule has 5 nitrogen and oxygen atoms in total. The smallest absolute Gasteiger partial charge is 0.411 e. The second-order valence-electron chi connectivity index (χ2n) is 11.3. The normalized spacial score (nSPS) is 15.3. The highest BCUT2D eigenvalue weighted by Crippen LogP contribution is 2.44. The first kappa shape index (κ1) is 26.2. The Bertz CT molecular complexity index is 1350. The molecule has 0 bridgehead atoms. The van der Waals surface area contributed by atoms with Gasteiger partial charge in [-0.1, -0.05) is 74.1 Å². The number of anilines is 1. The van der Waals surface area contributed by atoms with Crippen LogP contribution < -0.4 is 10.6 Å². The average Bonchev–Trinajstić information content (AvgIpc) is 3.22. The fraction of sp³-hybridized carbons (Fsp3) is 0.344. The van der Waals surface area contributed by atoms with Gasteiger partial charge in [-0.3, -0.25) is 10.2 Å². The molecule has 0 unspecified atom stereocenters. The van der Waals surface area contributed by atoms with Crippen molar-refractivity contribution in [3.05, 3.63) is 88.5 Å². The number of hydrogen-bond acceptors (Lipinski definition) is 4. The van der Waals surface area contributed by atoms with Gasteiger partial charge in [-0.2, -0.15) is 0 Å². The molecule has 1 aliphatic carbocycles. The number of amides is 1. The van der Waals surface area contributed by atoms with Crippen LogP contribution in [-0.2, 0) is 11.3 Å². The minimum Gasteiger partial charge on any atom is -0.448 e. The Morgan fingerprint density at radius 1 is 1.03 bits per heavy atom. The highest BCUT2D eigenvalue weighted by molar-refractivity contribution is 6.83. The zero-order valence-corrected chi connectivity index (χ0v) is 23.9. The molecule has 2 N–H and O–H groups in total. The Balaban J connectivity index is 1.35. The molecule has 0 saturated carbocycles. The van der Waals surface area contributed by atoms with Crippen molar-refractivity contribution in [2.24, 2.45) is 0 Å². The minimum atomic E-state index is -1.54.